The minimum Gasteiger partial charge on any atom is -0.496 e. The van der Waals surface area contributed by atoms with Crippen molar-refractivity contribution in [2.24, 2.45) is 23.7 Å². The Morgan fingerprint density at radius 3 is 2.33 bits per heavy atom. The Bertz CT molecular complexity index is 1080. The van der Waals surface area contributed by atoms with Crippen LogP contribution in [0.1, 0.15) is 69.4 Å². The standard InChI is InChI=1S/C29H36N2O4S/c1-18-5-7-30(8-6-18)26(32)17-31-27(33)25(36-28(31)34)13-22-12-23(3-4-24(22)35-2)29-14-19-9-20(15-29)11-21(10-19)16-29/h3-4,12-13,18-21H,5-11,14-17H2,1-2H3/b25-13+. The molecule has 0 spiro atoms. The highest BCUT2D eigenvalue weighted by Gasteiger charge is 2.51. The Morgan fingerprint density at radius 1 is 1.08 bits per heavy atom. The van der Waals surface area contributed by atoms with Crippen molar-refractivity contribution in [3.63, 3.8) is 0 Å². The third kappa shape index (κ3) is 4.27. The summed E-state index contributed by atoms with van der Waals surface area (Å²) in [4.78, 5) is 42.0. The number of imide groups is 1. The van der Waals surface area contributed by atoms with Gasteiger partial charge in [-0.25, -0.2) is 0 Å². The zero-order valence-corrected chi connectivity index (χ0v) is 22.1. The number of hydrogen-bond acceptors (Lipinski definition) is 5. The molecule has 4 bridgehead atoms. The Morgan fingerprint density at radius 2 is 1.72 bits per heavy atom. The van der Waals surface area contributed by atoms with E-state index in [-0.39, 0.29) is 29.0 Å². The van der Waals surface area contributed by atoms with Crippen molar-refractivity contribution in [1.82, 2.24) is 9.80 Å². The van der Waals surface area contributed by atoms with Gasteiger partial charge in [0.05, 0.1) is 12.0 Å². The SMILES string of the molecule is COc1ccc(C23CC4CC(CC(C4)C2)C3)cc1/C=C1/SC(=O)N(CC(=O)N2CCC(C)CC2)C1=O. The molecule has 3 amide bonds. The number of methoxy groups -OCH3 is 1. The lowest BCUT2D eigenvalue weighted by Gasteiger charge is -2.57. The normalized spacial score (nSPS) is 33.2. The van der Waals surface area contributed by atoms with E-state index in [1.807, 2.05) is 6.07 Å². The second-order valence-electron chi connectivity index (χ2n) is 12.0. The van der Waals surface area contributed by atoms with Gasteiger partial charge >= 0.3 is 0 Å². The molecule has 0 aromatic heterocycles. The van der Waals surface area contributed by atoms with E-state index in [4.69, 9.17) is 4.74 Å². The average Bonchev–Trinajstić information content (AvgIpc) is 3.11. The monoisotopic (exact) mass is 508 g/mol. The summed E-state index contributed by atoms with van der Waals surface area (Å²) in [5, 5.41) is -0.374. The van der Waals surface area contributed by atoms with Crippen molar-refractivity contribution in [2.45, 2.75) is 63.7 Å². The summed E-state index contributed by atoms with van der Waals surface area (Å²) in [6.07, 6.45) is 11.7. The van der Waals surface area contributed by atoms with E-state index in [0.717, 1.165) is 52.8 Å². The molecule has 192 valence electrons. The molecule has 0 radical (unpaired) electrons. The second kappa shape index (κ2) is 9.23. The van der Waals surface area contributed by atoms with Crippen LogP contribution in [0.5, 0.6) is 5.75 Å². The number of nitrogens with zero attached hydrogens (tertiary/aromatic N) is 2. The molecule has 6 nitrogen and oxygen atoms in total. The topological polar surface area (TPSA) is 66.9 Å². The van der Waals surface area contributed by atoms with Gasteiger partial charge in [-0.2, -0.15) is 0 Å². The molecule has 4 aliphatic carbocycles. The summed E-state index contributed by atoms with van der Waals surface area (Å²) in [6.45, 7) is 3.40. The summed E-state index contributed by atoms with van der Waals surface area (Å²) in [5.74, 6) is 3.32. The molecule has 7 rings (SSSR count). The first kappa shape index (κ1) is 24.1. The number of ether oxygens (including phenoxy) is 1. The van der Waals surface area contributed by atoms with Crippen molar-refractivity contribution < 1.29 is 19.1 Å². The number of carbonyl (C=O) groups is 3. The minimum absolute atomic E-state index is 0.146. The summed E-state index contributed by atoms with van der Waals surface area (Å²) >= 11 is 0.922. The number of likely N-dealkylation sites (tertiary alicyclic amines) is 1. The number of carbonyl (C=O) groups excluding carboxylic acids is 3. The molecule has 0 unspecified atom stereocenters. The maximum absolute atomic E-state index is 13.2. The zero-order chi connectivity index (χ0) is 25.0. The Balaban J connectivity index is 1.23. The average molecular weight is 509 g/mol. The summed E-state index contributed by atoms with van der Waals surface area (Å²) in [5.41, 5.74) is 2.43. The molecule has 2 heterocycles. The van der Waals surface area contributed by atoms with Gasteiger partial charge in [0, 0.05) is 18.7 Å². The van der Waals surface area contributed by atoms with Crippen LogP contribution in [-0.4, -0.2) is 53.6 Å². The summed E-state index contributed by atoms with van der Waals surface area (Å²) in [7, 11) is 1.64. The smallest absolute Gasteiger partial charge is 0.294 e. The first-order chi connectivity index (χ1) is 17.3. The maximum atomic E-state index is 13.2. The van der Waals surface area contributed by atoms with Gasteiger partial charge in [-0.05, 0) is 116 Å². The fourth-order valence-electron chi connectivity index (χ4n) is 7.91. The Hall–Kier alpha value is -2.28. The number of benzene rings is 1. The molecular formula is C29H36N2O4S. The van der Waals surface area contributed by atoms with Gasteiger partial charge < -0.3 is 9.64 Å². The van der Waals surface area contributed by atoms with Crippen molar-refractivity contribution in [1.29, 1.82) is 0 Å². The van der Waals surface area contributed by atoms with E-state index < -0.39 is 0 Å². The van der Waals surface area contributed by atoms with Crippen LogP contribution in [0.4, 0.5) is 4.79 Å². The van der Waals surface area contributed by atoms with E-state index in [0.29, 0.717) is 29.7 Å². The largest absolute Gasteiger partial charge is 0.496 e. The molecule has 6 fully saturated rings. The highest BCUT2D eigenvalue weighted by Crippen LogP contribution is 2.61. The molecule has 0 atom stereocenters. The molecule has 4 saturated carbocycles. The van der Waals surface area contributed by atoms with Gasteiger partial charge in [0.1, 0.15) is 12.3 Å². The number of rotatable bonds is 5. The quantitative estimate of drug-likeness (QED) is 0.494. The lowest BCUT2D eigenvalue weighted by atomic mass is 9.48. The van der Waals surface area contributed by atoms with E-state index in [2.05, 4.69) is 19.1 Å². The summed E-state index contributed by atoms with van der Waals surface area (Å²) in [6, 6.07) is 6.43. The Labute approximate surface area is 217 Å². The molecule has 0 N–H and O–H groups in total. The second-order valence-corrected chi connectivity index (χ2v) is 13.0. The van der Waals surface area contributed by atoms with Crippen LogP contribution in [0.3, 0.4) is 0 Å². The van der Waals surface area contributed by atoms with E-state index in [1.54, 1.807) is 18.1 Å². The van der Waals surface area contributed by atoms with Crippen molar-refractivity contribution in [3.8, 4) is 5.75 Å². The van der Waals surface area contributed by atoms with Crippen molar-refractivity contribution in [2.75, 3.05) is 26.7 Å². The van der Waals surface area contributed by atoms with Crippen LogP contribution in [0.15, 0.2) is 23.1 Å². The summed E-state index contributed by atoms with van der Waals surface area (Å²) < 4.78 is 5.65. The van der Waals surface area contributed by atoms with Gasteiger partial charge in [0.25, 0.3) is 11.1 Å². The fraction of sp³-hybridized carbons (Fsp3) is 0.621. The van der Waals surface area contributed by atoms with Crippen LogP contribution in [-0.2, 0) is 15.0 Å². The molecule has 6 aliphatic rings. The third-order valence-corrected chi connectivity index (χ3v) is 10.4. The van der Waals surface area contributed by atoms with Gasteiger partial charge in [0.15, 0.2) is 0 Å². The van der Waals surface area contributed by atoms with Crippen LogP contribution < -0.4 is 4.74 Å². The number of hydrogen-bond donors (Lipinski definition) is 0. The predicted octanol–water partition coefficient (Wildman–Crippen LogP) is 5.46. The predicted molar refractivity (Wildman–Crippen MR) is 140 cm³/mol. The van der Waals surface area contributed by atoms with E-state index >= 15 is 0 Å². The molecule has 2 saturated heterocycles. The van der Waals surface area contributed by atoms with Crippen molar-refractivity contribution in [3.05, 3.63) is 34.2 Å². The highest BCUT2D eigenvalue weighted by atomic mass is 32.2. The van der Waals surface area contributed by atoms with Gasteiger partial charge in [-0.3, -0.25) is 19.3 Å². The first-order valence-electron chi connectivity index (χ1n) is 13.6. The zero-order valence-electron chi connectivity index (χ0n) is 21.3. The van der Waals surface area contributed by atoms with Gasteiger partial charge in [-0.1, -0.05) is 13.0 Å². The number of thioether (sulfide) groups is 1. The maximum Gasteiger partial charge on any atom is 0.294 e. The molecular weight excluding hydrogens is 472 g/mol. The third-order valence-electron chi connectivity index (χ3n) is 9.47. The fourth-order valence-corrected chi connectivity index (χ4v) is 8.74. The van der Waals surface area contributed by atoms with Crippen LogP contribution >= 0.6 is 11.8 Å². The van der Waals surface area contributed by atoms with E-state index in [1.165, 1.54) is 44.1 Å². The lowest BCUT2D eigenvalue weighted by molar-refractivity contribution is -0.136. The molecule has 1 aromatic rings. The highest BCUT2D eigenvalue weighted by molar-refractivity contribution is 8.18. The molecule has 36 heavy (non-hydrogen) atoms. The minimum atomic E-state index is -0.383. The van der Waals surface area contributed by atoms with Crippen LogP contribution in [0.2, 0.25) is 0 Å². The molecule has 2 aliphatic heterocycles. The number of amides is 3. The molecule has 7 heteroatoms. The van der Waals surface area contributed by atoms with Gasteiger partial charge in [-0.15, -0.1) is 0 Å². The van der Waals surface area contributed by atoms with Crippen LogP contribution in [0, 0.1) is 23.7 Å². The van der Waals surface area contributed by atoms with Crippen LogP contribution in [0.25, 0.3) is 6.08 Å². The van der Waals surface area contributed by atoms with Gasteiger partial charge in [0.2, 0.25) is 5.91 Å². The lowest BCUT2D eigenvalue weighted by Crippen LogP contribution is -2.48. The van der Waals surface area contributed by atoms with Crippen molar-refractivity contribution >= 4 is 34.9 Å². The Kier molecular flexibility index (Phi) is 6.17. The van der Waals surface area contributed by atoms with E-state index in [9.17, 15) is 14.4 Å². The first-order valence-corrected chi connectivity index (χ1v) is 14.4. The molecule has 1 aromatic carbocycles. The number of piperidine rings is 1.